The lowest BCUT2D eigenvalue weighted by atomic mass is 10.0. The maximum atomic E-state index is 14.0. The molecule has 22 nitrogen and oxygen atoms in total. The average Bonchev–Trinajstić information content (AvgIpc) is 3.16. The predicted molar refractivity (Wildman–Crippen MR) is 209 cm³/mol. The lowest BCUT2D eigenvalue weighted by Crippen LogP contribution is -2.60. The molecule has 1 aliphatic heterocycles. The lowest BCUT2D eigenvalue weighted by molar-refractivity contribution is -0.142. The Bertz CT molecular complexity index is 1640. The first-order valence-corrected chi connectivity index (χ1v) is 18.8. The third-order valence-corrected chi connectivity index (χ3v) is 8.75. The molecular formula is C36H56N12O10. The number of guanidine groups is 1. The highest BCUT2D eigenvalue weighted by molar-refractivity contribution is 5.97. The zero-order chi connectivity index (χ0) is 43.2. The Hall–Kier alpha value is -6.32. The molecule has 0 saturated carbocycles. The number of rotatable bonds is 12. The number of hydrogen-bond donors (Lipinski definition) is 12. The fraction of sp³-hybridized carbons (Fsp3) is 0.556. The van der Waals surface area contributed by atoms with Gasteiger partial charge >= 0.3 is 5.97 Å². The van der Waals surface area contributed by atoms with E-state index in [1.807, 2.05) is 0 Å². The van der Waals surface area contributed by atoms with E-state index in [0.29, 0.717) is 5.56 Å². The van der Waals surface area contributed by atoms with Crippen molar-refractivity contribution < 1.29 is 48.3 Å². The standard InChI is InChI=1S/C36H56N12O10/c1-20-30(52)47-26(35(57)58)12-13-28(50)40-16-6-10-23(44-29(51)19-42-21(2)49)32(54)46-25(14-15-37)33(55)48-27(18-22-8-4-3-5-9-22)34(56)45-24(31(53)43-20)11-7-17-41-36(38)39/h3-5,8-9,20,23-27H,6-7,10-19,37H2,1-2H3,(H,40,50)(H,42,49)(H,43,53)(H,44,51)(H,45,56)(H,46,54)(H,47,52)(H,48,55)(H,57,58)(H4,38,39,41)/t20-,23?,24?,25-,26?,27?/m0/s1. The van der Waals surface area contributed by atoms with Crippen LogP contribution >= 0.6 is 0 Å². The van der Waals surface area contributed by atoms with E-state index in [2.05, 4.69) is 47.5 Å². The fourth-order valence-electron chi connectivity index (χ4n) is 5.63. The second kappa shape index (κ2) is 25.0. The van der Waals surface area contributed by atoms with E-state index in [1.54, 1.807) is 30.3 Å². The summed E-state index contributed by atoms with van der Waals surface area (Å²) in [5.74, 6) is -7.54. The number of carboxylic acid groups (broad SMARTS) is 1. The van der Waals surface area contributed by atoms with Crippen molar-refractivity contribution in [3.05, 3.63) is 35.9 Å². The summed E-state index contributed by atoms with van der Waals surface area (Å²) in [6, 6.07) is 0.606. The van der Waals surface area contributed by atoms with Crippen LogP contribution in [-0.4, -0.2) is 127 Å². The molecule has 0 bridgehead atoms. The smallest absolute Gasteiger partial charge is 0.326 e. The van der Waals surface area contributed by atoms with Gasteiger partial charge in [-0.05, 0) is 57.6 Å². The average molecular weight is 817 g/mol. The van der Waals surface area contributed by atoms with Crippen LogP contribution in [0.3, 0.4) is 0 Å². The quantitative estimate of drug-likeness (QED) is 0.0538. The van der Waals surface area contributed by atoms with Gasteiger partial charge in [0.2, 0.25) is 47.3 Å². The van der Waals surface area contributed by atoms with Crippen molar-refractivity contribution >= 4 is 59.2 Å². The van der Waals surface area contributed by atoms with E-state index in [1.165, 1.54) is 13.8 Å². The molecular weight excluding hydrogens is 760 g/mol. The van der Waals surface area contributed by atoms with Crippen molar-refractivity contribution in [3.8, 4) is 0 Å². The van der Waals surface area contributed by atoms with E-state index in [9.17, 15) is 48.3 Å². The molecule has 8 amide bonds. The van der Waals surface area contributed by atoms with Gasteiger partial charge in [0.15, 0.2) is 5.96 Å². The second-order valence-electron chi connectivity index (χ2n) is 13.6. The molecule has 1 fully saturated rings. The first-order chi connectivity index (χ1) is 27.5. The Kier molecular flexibility index (Phi) is 20.6. The van der Waals surface area contributed by atoms with Crippen LogP contribution in [0.15, 0.2) is 35.3 Å². The van der Waals surface area contributed by atoms with Crippen molar-refractivity contribution in [2.75, 3.05) is 26.2 Å². The molecule has 15 N–H and O–H groups in total. The van der Waals surface area contributed by atoms with Gasteiger partial charge in [0.1, 0.15) is 36.3 Å². The summed E-state index contributed by atoms with van der Waals surface area (Å²) in [5.41, 5.74) is 17.3. The molecule has 0 spiro atoms. The number of nitrogens with one attached hydrogen (secondary N) is 8. The Labute approximate surface area is 335 Å². The number of carbonyl (C=O) groups excluding carboxylic acids is 8. The molecule has 0 radical (unpaired) electrons. The highest BCUT2D eigenvalue weighted by Crippen LogP contribution is 2.09. The molecule has 1 aliphatic rings. The topological polar surface area (TPSA) is 361 Å². The van der Waals surface area contributed by atoms with Crippen molar-refractivity contribution in [2.45, 2.75) is 101 Å². The van der Waals surface area contributed by atoms with Gasteiger partial charge in [0, 0.05) is 32.9 Å². The van der Waals surface area contributed by atoms with Crippen LogP contribution in [0.4, 0.5) is 0 Å². The first-order valence-electron chi connectivity index (χ1n) is 18.8. The van der Waals surface area contributed by atoms with E-state index >= 15 is 0 Å². The number of nitrogens with zero attached hydrogens (tertiary/aromatic N) is 1. The van der Waals surface area contributed by atoms with Crippen LogP contribution < -0.4 is 59.7 Å². The molecule has 1 heterocycles. The minimum Gasteiger partial charge on any atom is -0.480 e. The van der Waals surface area contributed by atoms with Gasteiger partial charge in [-0.25, -0.2) is 4.79 Å². The first kappa shape index (κ1) is 47.8. The molecule has 4 unspecified atom stereocenters. The van der Waals surface area contributed by atoms with Crippen molar-refractivity contribution in [1.82, 2.24) is 42.5 Å². The van der Waals surface area contributed by atoms with Crippen LogP contribution in [0, 0.1) is 0 Å². The van der Waals surface area contributed by atoms with E-state index < -0.39 is 96.0 Å². The Balaban J connectivity index is 2.54. The van der Waals surface area contributed by atoms with Crippen molar-refractivity contribution in [1.29, 1.82) is 0 Å². The second-order valence-corrected chi connectivity index (χ2v) is 13.6. The summed E-state index contributed by atoms with van der Waals surface area (Å²) in [6.45, 7) is 2.04. The zero-order valence-corrected chi connectivity index (χ0v) is 32.6. The SMILES string of the molecule is CC(=O)NCC(=O)NC1CCCNC(=O)CCC(C(=O)O)NC(=O)[C@H](C)NC(=O)C(CCCN=C(N)N)NC(=O)C(Cc2ccccc2)NC(=O)[C@H](CCN)NC1=O. The summed E-state index contributed by atoms with van der Waals surface area (Å²) in [5, 5.41) is 29.8. The Morgan fingerprint density at radius 3 is 2.09 bits per heavy atom. The number of hydrogen-bond acceptors (Lipinski definition) is 11. The molecule has 0 aromatic heterocycles. The normalized spacial score (nSPS) is 23.3. The van der Waals surface area contributed by atoms with E-state index in [-0.39, 0.29) is 77.0 Å². The molecule has 2 rings (SSSR count). The third-order valence-electron chi connectivity index (χ3n) is 8.75. The predicted octanol–water partition coefficient (Wildman–Crippen LogP) is -4.53. The summed E-state index contributed by atoms with van der Waals surface area (Å²) in [7, 11) is 0. The Morgan fingerprint density at radius 1 is 0.828 bits per heavy atom. The maximum Gasteiger partial charge on any atom is 0.326 e. The van der Waals surface area contributed by atoms with Gasteiger partial charge in [-0.1, -0.05) is 30.3 Å². The van der Waals surface area contributed by atoms with Crippen LogP contribution in [0.2, 0.25) is 0 Å². The summed E-state index contributed by atoms with van der Waals surface area (Å²) in [6.07, 6.45) is -0.565. The number of aliphatic carboxylic acids is 1. The highest BCUT2D eigenvalue weighted by Gasteiger charge is 2.33. The number of benzene rings is 1. The summed E-state index contributed by atoms with van der Waals surface area (Å²) >= 11 is 0. The van der Waals surface area contributed by atoms with Crippen LogP contribution in [-0.2, 0) is 49.6 Å². The summed E-state index contributed by atoms with van der Waals surface area (Å²) in [4.78, 5) is 121. The lowest BCUT2D eigenvalue weighted by Gasteiger charge is -2.27. The molecule has 6 atom stereocenters. The highest BCUT2D eigenvalue weighted by atomic mass is 16.4. The maximum absolute atomic E-state index is 14.0. The van der Waals surface area contributed by atoms with Gasteiger partial charge in [-0.2, -0.15) is 0 Å². The van der Waals surface area contributed by atoms with Gasteiger partial charge < -0.3 is 64.8 Å². The molecule has 58 heavy (non-hydrogen) atoms. The van der Waals surface area contributed by atoms with Crippen LogP contribution in [0.1, 0.15) is 64.4 Å². The van der Waals surface area contributed by atoms with Crippen LogP contribution in [0.5, 0.6) is 0 Å². The monoisotopic (exact) mass is 816 g/mol. The van der Waals surface area contributed by atoms with Gasteiger partial charge in [0.05, 0.1) is 6.54 Å². The Morgan fingerprint density at radius 2 is 1.45 bits per heavy atom. The third kappa shape index (κ3) is 18.1. The number of aliphatic imine (C=N–C) groups is 1. The van der Waals surface area contributed by atoms with Gasteiger partial charge in [-0.15, -0.1) is 0 Å². The van der Waals surface area contributed by atoms with E-state index in [4.69, 9.17) is 17.2 Å². The number of amides is 8. The van der Waals surface area contributed by atoms with Crippen LogP contribution in [0.25, 0.3) is 0 Å². The van der Waals surface area contributed by atoms with E-state index in [0.717, 1.165) is 0 Å². The number of nitrogens with two attached hydrogens (primary N) is 3. The molecule has 320 valence electrons. The number of carboxylic acids is 1. The molecule has 22 heteroatoms. The molecule has 0 aliphatic carbocycles. The molecule has 1 aromatic carbocycles. The minimum absolute atomic E-state index is 0.00649. The molecule has 1 saturated heterocycles. The van der Waals surface area contributed by atoms with Crippen molar-refractivity contribution in [3.63, 3.8) is 0 Å². The zero-order valence-electron chi connectivity index (χ0n) is 32.6. The van der Waals surface area contributed by atoms with Gasteiger partial charge in [0.25, 0.3) is 0 Å². The fourth-order valence-corrected chi connectivity index (χ4v) is 5.63. The molecule has 1 aromatic rings. The number of carbonyl (C=O) groups is 9. The van der Waals surface area contributed by atoms with Crippen molar-refractivity contribution in [2.24, 2.45) is 22.2 Å². The largest absolute Gasteiger partial charge is 0.480 e. The van der Waals surface area contributed by atoms with Gasteiger partial charge in [-0.3, -0.25) is 43.3 Å². The minimum atomic E-state index is -1.51. The summed E-state index contributed by atoms with van der Waals surface area (Å²) < 4.78 is 0.